The molecule has 1 N–H and O–H groups in total. The van der Waals surface area contributed by atoms with Gasteiger partial charge in [-0.3, -0.25) is 4.79 Å². The Balaban J connectivity index is 2.52. The number of carbonyl (C=O) groups excluding carboxylic acids is 2. The van der Waals surface area contributed by atoms with Gasteiger partial charge >= 0.3 is 0 Å². The Bertz CT molecular complexity index is 409. The Morgan fingerprint density at radius 3 is 2.74 bits per heavy atom. The first kappa shape index (κ1) is 15.0. The van der Waals surface area contributed by atoms with Crippen LogP contribution < -0.4 is 10.1 Å². The zero-order valence-electron chi connectivity index (χ0n) is 11.3. The minimum Gasteiger partial charge on any atom is -0.495 e. The van der Waals surface area contributed by atoms with Gasteiger partial charge in [0.1, 0.15) is 12.0 Å². The van der Waals surface area contributed by atoms with Crippen LogP contribution in [-0.4, -0.2) is 44.3 Å². The fourth-order valence-electron chi connectivity index (χ4n) is 1.75. The van der Waals surface area contributed by atoms with Crippen LogP contribution in [0.2, 0.25) is 0 Å². The quantitative estimate of drug-likeness (QED) is 0.687. The molecule has 0 bridgehead atoms. The lowest BCUT2D eigenvalue weighted by Gasteiger charge is -2.17. The standard InChI is InChI=1S/C14H20N2O3/c1-16(11-18)9-5-6-12(10-17)15-13-7-3-4-8-14(13)19-2/h3-4,7-8,10-12,15H,5-6,9H2,1-2H3/t12-/m1/s1. The van der Waals surface area contributed by atoms with Crippen molar-refractivity contribution in [2.75, 3.05) is 26.0 Å². The van der Waals surface area contributed by atoms with E-state index in [1.807, 2.05) is 24.3 Å². The molecule has 0 saturated heterocycles. The summed E-state index contributed by atoms with van der Waals surface area (Å²) >= 11 is 0. The summed E-state index contributed by atoms with van der Waals surface area (Å²) in [7, 11) is 3.31. The summed E-state index contributed by atoms with van der Waals surface area (Å²) in [5.41, 5.74) is 0.797. The molecule has 0 aliphatic carbocycles. The number of rotatable bonds is 9. The summed E-state index contributed by atoms with van der Waals surface area (Å²) in [6.45, 7) is 0.640. The number of amides is 1. The SMILES string of the molecule is COc1ccccc1N[C@@H](C=O)CCCN(C)C=O. The summed E-state index contributed by atoms with van der Waals surface area (Å²) < 4.78 is 5.22. The molecule has 1 aromatic carbocycles. The van der Waals surface area contributed by atoms with Crippen molar-refractivity contribution in [3.05, 3.63) is 24.3 Å². The number of benzene rings is 1. The van der Waals surface area contributed by atoms with Gasteiger partial charge in [-0.15, -0.1) is 0 Å². The van der Waals surface area contributed by atoms with E-state index in [1.54, 1.807) is 19.1 Å². The third-order valence-electron chi connectivity index (χ3n) is 2.82. The fourth-order valence-corrected chi connectivity index (χ4v) is 1.75. The smallest absolute Gasteiger partial charge is 0.209 e. The van der Waals surface area contributed by atoms with Crippen LogP contribution in [0.5, 0.6) is 5.75 Å². The summed E-state index contributed by atoms with van der Waals surface area (Å²) in [6.07, 6.45) is 3.09. The molecule has 0 saturated carbocycles. The van der Waals surface area contributed by atoms with E-state index in [-0.39, 0.29) is 6.04 Å². The minimum atomic E-state index is -0.281. The average Bonchev–Trinajstić information content (AvgIpc) is 2.46. The molecule has 0 aliphatic heterocycles. The normalized spacial score (nSPS) is 11.5. The molecule has 0 unspecified atom stereocenters. The Kier molecular flexibility index (Phi) is 6.43. The highest BCUT2D eigenvalue weighted by molar-refractivity contribution is 5.67. The molecule has 1 rings (SSSR count). The van der Waals surface area contributed by atoms with Crippen molar-refractivity contribution in [3.8, 4) is 5.75 Å². The van der Waals surface area contributed by atoms with E-state index >= 15 is 0 Å². The van der Waals surface area contributed by atoms with Crippen LogP contribution >= 0.6 is 0 Å². The topological polar surface area (TPSA) is 58.6 Å². The van der Waals surface area contributed by atoms with E-state index in [2.05, 4.69) is 5.32 Å². The number of ether oxygens (including phenoxy) is 1. The predicted octanol–water partition coefficient (Wildman–Crippen LogP) is 1.54. The van der Waals surface area contributed by atoms with Crippen LogP contribution in [0, 0.1) is 0 Å². The van der Waals surface area contributed by atoms with E-state index in [9.17, 15) is 9.59 Å². The summed E-state index contributed by atoms with van der Waals surface area (Å²) in [5.74, 6) is 0.708. The van der Waals surface area contributed by atoms with E-state index in [0.29, 0.717) is 18.7 Å². The second kappa shape index (κ2) is 8.13. The van der Waals surface area contributed by atoms with Gasteiger partial charge in [0.25, 0.3) is 0 Å². The van der Waals surface area contributed by atoms with Gasteiger partial charge in [0.15, 0.2) is 0 Å². The van der Waals surface area contributed by atoms with Crippen molar-refractivity contribution >= 4 is 18.4 Å². The molecule has 5 nitrogen and oxygen atoms in total. The van der Waals surface area contributed by atoms with Crippen LogP contribution in [-0.2, 0) is 9.59 Å². The number of carbonyl (C=O) groups is 2. The number of aldehydes is 1. The number of nitrogens with one attached hydrogen (secondary N) is 1. The first-order valence-corrected chi connectivity index (χ1v) is 6.21. The molecule has 0 heterocycles. The van der Waals surface area contributed by atoms with Gasteiger partial charge in [-0.05, 0) is 25.0 Å². The van der Waals surface area contributed by atoms with E-state index < -0.39 is 0 Å². The third-order valence-corrected chi connectivity index (χ3v) is 2.82. The zero-order valence-corrected chi connectivity index (χ0v) is 11.3. The maximum atomic E-state index is 11.1. The number of para-hydroxylation sites is 2. The van der Waals surface area contributed by atoms with Crippen LogP contribution in [0.1, 0.15) is 12.8 Å². The number of nitrogens with zero attached hydrogens (tertiary/aromatic N) is 1. The van der Waals surface area contributed by atoms with Crippen molar-refractivity contribution in [1.29, 1.82) is 0 Å². The largest absolute Gasteiger partial charge is 0.495 e. The highest BCUT2D eigenvalue weighted by atomic mass is 16.5. The van der Waals surface area contributed by atoms with E-state index in [1.165, 1.54) is 0 Å². The summed E-state index contributed by atoms with van der Waals surface area (Å²) in [6, 6.07) is 7.18. The monoisotopic (exact) mass is 264 g/mol. The molecule has 0 aliphatic rings. The molecule has 104 valence electrons. The number of anilines is 1. The van der Waals surface area contributed by atoms with Crippen LogP contribution in [0.25, 0.3) is 0 Å². The lowest BCUT2D eigenvalue weighted by atomic mass is 10.1. The Morgan fingerprint density at radius 2 is 2.11 bits per heavy atom. The maximum absolute atomic E-state index is 11.1. The lowest BCUT2D eigenvalue weighted by Crippen LogP contribution is -2.24. The maximum Gasteiger partial charge on any atom is 0.209 e. The van der Waals surface area contributed by atoms with Gasteiger partial charge < -0.3 is 19.7 Å². The number of methoxy groups -OCH3 is 1. The Labute approximate surface area is 113 Å². The molecule has 1 aromatic rings. The lowest BCUT2D eigenvalue weighted by molar-refractivity contribution is -0.117. The number of hydrogen-bond acceptors (Lipinski definition) is 4. The predicted molar refractivity (Wildman–Crippen MR) is 74.4 cm³/mol. The van der Waals surface area contributed by atoms with Crippen molar-refractivity contribution in [3.63, 3.8) is 0 Å². The first-order valence-electron chi connectivity index (χ1n) is 6.21. The van der Waals surface area contributed by atoms with Gasteiger partial charge in [-0.25, -0.2) is 0 Å². The molecule has 0 fully saturated rings. The second-order valence-electron chi connectivity index (χ2n) is 4.32. The van der Waals surface area contributed by atoms with Crippen molar-refractivity contribution in [2.45, 2.75) is 18.9 Å². The van der Waals surface area contributed by atoms with E-state index in [0.717, 1.165) is 24.8 Å². The van der Waals surface area contributed by atoms with Crippen LogP contribution in [0.3, 0.4) is 0 Å². The van der Waals surface area contributed by atoms with Gasteiger partial charge in [0, 0.05) is 13.6 Å². The molecule has 1 atom stereocenters. The van der Waals surface area contributed by atoms with E-state index in [4.69, 9.17) is 4.74 Å². The molecular weight excluding hydrogens is 244 g/mol. The average molecular weight is 264 g/mol. The fraction of sp³-hybridized carbons (Fsp3) is 0.429. The highest BCUT2D eigenvalue weighted by Crippen LogP contribution is 2.24. The van der Waals surface area contributed by atoms with Gasteiger partial charge in [-0.2, -0.15) is 0 Å². The molecule has 0 radical (unpaired) electrons. The summed E-state index contributed by atoms with van der Waals surface area (Å²) in [5, 5.41) is 3.14. The Morgan fingerprint density at radius 1 is 1.37 bits per heavy atom. The highest BCUT2D eigenvalue weighted by Gasteiger charge is 2.10. The van der Waals surface area contributed by atoms with Crippen molar-refractivity contribution < 1.29 is 14.3 Å². The van der Waals surface area contributed by atoms with Crippen molar-refractivity contribution in [1.82, 2.24) is 4.90 Å². The van der Waals surface area contributed by atoms with Gasteiger partial charge in [0.05, 0.1) is 18.8 Å². The molecule has 19 heavy (non-hydrogen) atoms. The number of hydrogen-bond donors (Lipinski definition) is 1. The minimum absolute atomic E-state index is 0.281. The van der Waals surface area contributed by atoms with Crippen LogP contribution in [0.15, 0.2) is 24.3 Å². The molecular formula is C14H20N2O3. The summed E-state index contributed by atoms with van der Waals surface area (Å²) in [4.78, 5) is 23.1. The first-order chi connectivity index (χ1) is 9.21. The van der Waals surface area contributed by atoms with Crippen molar-refractivity contribution in [2.24, 2.45) is 0 Å². The molecule has 0 spiro atoms. The Hall–Kier alpha value is -2.04. The zero-order chi connectivity index (χ0) is 14.1. The molecule has 5 heteroatoms. The van der Waals surface area contributed by atoms with Gasteiger partial charge in [0.2, 0.25) is 6.41 Å². The third kappa shape index (κ3) is 4.99. The van der Waals surface area contributed by atoms with Gasteiger partial charge in [-0.1, -0.05) is 12.1 Å². The molecule has 0 aromatic heterocycles. The second-order valence-corrected chi connectivity index (χ2v) is 4.32. The molecule has 1 amide bonds. The van der Waals surface area contributed by atoms with Crippen LogP contribution in [0.4, 0.5) is 5.69 Å².